The van der Waals surface area contributed by atoms with Crippen LogP contribution in [0.3, 0.4) is 0 Å². The Kier molecular flexibility index (Phi) is 4.18. The van der Waals surface area contributed by atoms with Gasteiger partial charge in [-0.05, 0) is 25.9 Å². The van der Waals surface area contributed by atoms with Crippen LogP contribution in [-0.2, 0) is 9.53 Å². The first-order chi connectivity index (χ1) is 6.24. The zero-order valence-corrected chi connectivity index (χ0v) is 8.03. The summed E-state index contributed by atoms with van der Waals surface area (Å²) in [5.41, 5.74) is 0. The molecule has 76 valence electrons. The summed E-state index contributed by atoms with van der Waals surface area (Å²) in [6.07, 6.45) is 1.55. The molecule has 0 saturated carbocycles. The molecule has 0 aliphatic carbocycles. The van der Waals surface area contributed by atoms with Gasteiger partial charge >= 0.3 is 5.97 Å². The van der Waals surface area contributed by atoms with Crippen LogP contribution in [0.15, 0.2) is 0 Å². The lowest BCUT2D eigenvalue weighted by atomic mass is 9.97. The predicted molar refractivity (Wildman–Crippen MR) is 48.7 cm³/mol. The fourth-order valence-corrected chi connectivity index (χ4v) is 1.62. The van der Waals surface area contributed by atoms with E-state index in [1.165, 1.54) is 0 Å². The van der Waals surface area contributed by atoms with Crippen molar-refractivity contribution >= 4 is 5.97 Å². The summed E-state index contributed by atoms with van der Waals surface area (Å²) >= 11 is 0. The summed E-state index contributed by atoms with van der Waals surface area (Å²) < 4.78 is 4.96. The fourth-order valence-electron chi connectivity index (χ4n) is 1.62. The maximum Gasteiger partial charge on any atom is 0.306 e. The highest BCUT2D eigenvalue weighted by atomic mass is 16.5. The maximum atomic E-state index is 10.6. The zero-order chi connectivity index (χ0) is 9.68. The highest BCUT2D eigenvalue weighted by molar-refractivity contribution is 5.70. The first-order valence-corrected chi connectivity index (χ1v) is 4.68. The molecule has 0 bridgehead atoms. The molecule has 0 atom stereocenters. The van der Waals surface area contributed by atoms with Gasteiger partial charge < -0.3 is 14.7 Å². The van der Waals surface area contributed by atoms with Crippen molar-refractivity contribution in [3.05, 3.63) is 0 Å². The second-order valence-corrected chi connectivity index (χ2v) is 3.45. The van der Waals surface area contributed by atoms with Crippen LogP contribution in [0.2, 0.25) is 0 Å². The Morgan fingerprint density at radius 2 is 2.15 bits per heavy atom. The van der Waals surface area contributed by atoms with Gasteiger partial charge in [0.15, 0.2) is 0 Å². The number of aliphatic carboxylic acids is 1. The van der Waals surface area contributed by atoms with Crippen molar-refractivity contribution in [1.82, 2.24) is 4.90 Å². The van der Waals surface area contributed by atoms with Gasteiger partial charge in [0.05, 0.1) is 12.5 Å². The molecule has 0 aromatic carbocycles. The first kappa shape index (κ1) is 10.5. The van der Waals surface area contributed by atoms with Crippen molar-refractivity contribution < 1.29 is 14.6 Å². The van der Waals surface area contributed by atoms with E-state index in [2.05, 4.69) is 4.90 Å². The molecular formula is C9H17NO3. The number of piperidine rings is 1. The van der Waals surface area contributed by atoms with E-state index in [1.807, 2.05) is 0 Å². The molecule has 1 fully saturated rings. The minimum Gasteiger partial charge on any atom is -0.481 e. The van der Waals surface area contributed by atoms with Crippen LogP contribution in [0.25, 0.3) is 0 Å². The molecule has 0 unspecified atom stereocenters. The zero-order valence-electron chi connectivity index (χ0n) is 8.03. The van der Waals surface area contributed by atoms with E-state index in [0.717, 1.165) is 39.1 Å². The van der Waals surface area contributed by atoms with Gasteiger partial charge in [-0.3, -0.25) is 4.79 Å². The number of likely N-dealkylation sites (tertiary alicyclic amines) is 1. The molecule has 0 aromatic rings. The number of hydrogen-bond donors (Lipinski definition) is 1. The van der Waals surface area contributed by atoms with E-state index < -0.39 is 5.97 Å². The Balaban J connectivity index is 2.18. The summed E-state index contributed by atoms with van der Waals surface area (Å²) in [6.45, 7) is 3.43. The molecule has 0 aromatic heterocycles. The van der Waals surface area contributed by atoms with Gasteiger partial charge in [0.1, 0.15) is 0 Å². The van der Waals surface area contributed by atoms with E-state index in [1.54, 1.807) is 7.11 Å². The van der Waals surface area contributed by atoms with Gasteiger partial charge in [-0.25, -0.2) is 0 Å². The summed E-state index contributed by atoms with van der Waals surface area (Å²) in [6, 6.07) is 0. The number of carboxylic acids is 1. The molecule has 1 aliphatic heterocycles. The predicted octanol–water partition coefficient (Wildman–Crippen LogP) is 0.429. The maximum absolute atomic E-state index is 10.6. The number of rotatable bonds is 4. The van der Waals surface area contributed by atoms with Gasteiger partial charge in [-0.15, -0.1) is 0 Å². The fraction of sp³-hybridized carbons (Fsp3) is 0.889. The number of hydrogen-bond acceptors (Lipinski definition) is 3. The lowest BCUT2D eigenvalue weighted by Gasteiger charge is -2.29. The minimum atomic E-state index is -0.647. The van der Waals surface area contributed by atoms with E-state index in [-0.39, 0.29) is 5.92 Å². The number of methoxy groups -OCH3 is 1. The normalized spacial score (nSPS) is 20.4. The molecule has 1 rings (SSSR count). The van der Waals surface area contributed by atoms with Crippen LogP contribution in [0.4, 0.5) is 0 Å². The molecule has 0 radical (unpaired) electrons. The van der Waals surface area contributed by atoms with E-state index in [9.17, 15) is 4.79 Å². The second kappa shape index (κ2) is 5.19. The number of carbonyl (C=O) groups is 1. The van der Waals surface area contributed by atoms with Crippen LogP contribution in [0.1, 0.15) is 12.8 Å². The average molecular weight is 187 g/mol. The van der Waals surface area contributed by atoms with Gasteiger partial charge in [0, 0.05) is 13.7 Å². The van der Waals surface area contributed by atoms with Crippen LogP contribution in [0, 0.1) is 5.92 Å². The topological polar surface area (TPSA) is 49.8 Å². The molecule has 1 N–H and O–H groups in total. The third-order valence-corrected chi connectivity index (χ3v) is 2.55. The Bertz CT molecular complexity index is 164. The number of carboxylic acid groups (broad SMARTS) is 1. The van der Waals surface area contributed by atoms with E-state index >= 15 is 0 Å². The Hall–Kier alpha value is -0.610. The van der Waals surface area contributed by atoms with E-state index in [0.29, 0.717) is 0 Å². The largest absolute Gasteiger partial charge is 0.481 e. The standard InChI is InChI=1S/C9H17NO3/c1-13-7-6-10-4-2-8(3-5-10)9(11)12/h8H,2-7H2,1H3,(H,11,12). The third kappa shape index (κ3) is 3.32. The van der Waals surface area contributed by atoms with Gasteiger partial charge in [0.2, 0.25) is 0 Å². The van der Waals surface area contributed by atoms with Crippen molar-refractivity contribution in [3.63, 3.8) is 0 Å². The highest BCUT2D eigenvalue weighted by Gasteiger charge is 2.23. The quantitative estimate of drug-likeness (QED) is 0.693. The van der Waals surface area contributed by atoms with Gasteiger partial charge in [-0.2, -0.15) is 0 Å². The number of ether oxygens (including phenoxy) is 1. The van der Waals surface area contributed by atoms with Gasteiger partial charge in [-0.1, -0.05) is 0 Å². The van der Waals surface area contributed by atoms with E-state index in [4.69, 9.17) is 9.84 Å². The highest BCUT2D eigenvalue weighted by Crippen LogP contribution is 2.16. The van der Waals surface area contributed by atoms with Crippen molar-refractivity contribution in [3.8, 4) is 0 Å². The Morgan fingerprint density at radius 1 is 1.54 bits per heavy atom. The van der Waals surface area contributed by atoms with Gasteiger partial charge in [0.25, 0.3) is 0 Å². The number of nitrogens with zero attached hydrogens (tertiary/aromatic N) is 1. The minimum absolute atomic E-state index is 0.126. The summed E-state index contributed by atoms with van der Waals surface area (Å²) in [4.78, 5) is 12.9. The molecule has 13 heavy (non-hydrogen) atoms. The lowest BCUT2D eigenvalue weighted by Crippen LogP contribution is -2.37. The van der Waals surface area contributed by atoms with Crippen molar-refractivity contribution in [2.75, 3.05) is 33.4 Å². The van der Waals surface area contributed by atoms with Crippen molar-refractivity contribution in [2.24, 2.45) is 5.92 Å². The van der Waals surface area contributed by atoms with Crippen LogP contribution >= 0.6 is 0 Å². The summed E-state index contributed by atoms with van der Waals surface area (Å²) in [5, 5.41) is 8.76. The monoisotopic (exact) mass is 187 g/mol. The molecule has 1 saturated heterocycles. The molecule has 0 spiro atoms. The molecule has 4 nitrogen and oxygen atoms in total. The first-order valence-electron chi connectivity index (χ1n) is 4.68. The van der Waals surface area contributed by atoms with Crippen LogP contribution < -0.4 is 0 Å². The van der Waals surface area contributed by atoms with Crippen LogP contribution in [-0.4, -0.2) is 49.3 Å². The molecule has 1 heterocycles. The Morgan fingerprint density at radius 3 is 2.62 bits per heavy atom. The molecule has 1 aliphatic rings. The lowest BCUT2D eigenvalue weighted by molar-refractivity contribution is -0.143. The van der Waals surface area contributed by atoms with Crippen molar-refractivity contribution in [1.29, 1.82) is 0 Å². The van der Waals surface area contributed by atoms with Crippen molar-refractivity contribution in [2.45, 2.75) is 12.8 Å². The summed E-state index contributed by atoms with van der Waals surface area (Å²) in [5.74, 6) is -0.773. The molecule has 0 amide bonds. The summed E-state index contributed by atoms with van der Waals surface area (Å²) in [7, 11) is 1.68. The second-order valence-electron chi connectivity index (χ2n) is 3.45. The SMILES string of the molecule is COCCN1CCC(C(=O)O)CC1. The smallest absolute Gasteiger partial charge is 0.306 e. The third-order valence-electron chi connectivity index (χ3n) is 2.55. The Labute approximate surface area is 78.5 Å². The molecular weight excluding hydrogens is 170 g/mol. The average Bonchev–Trinajstić information content (AvgIpc) is 2.15. The molecule has 4 heteroatoms. The van der Waals surface area contributed by atoms with Crippen LogP contribution in [0.5, 0.6) is 0 Å².